The van der Waals surface area contributed by atoms with Crippen molar-refractivity contribution in [2.75, 3.05) is 11.1 Å². The third-order valence-electron chi connectivity index (χ3n) is 4.10. The van der Waals surface area contributed by atoms with E-state index in [-0.39, 0.29) is 12.1 Å². The van der Waals surface area contributed by atoms with Crippen LogP contribution in [0.5, 0.6) is 0 Å². The second-order valence-corrected chi connectivity index (χ2v) is 6.63. The Kier molecular flexibility index (Phi) is 3.24. The number of nitrogens with zero attached hydrogens (tertiary/aromatic N) is 2. The number of nitrogens with one attached hydrogen (secondary N) is 2. The summed E-state index contributed by atoms with van der Waals surface area (Å²) in [7, 11) is 0. The lowest BCUT2D eigenvalue weighted by Crippen LogP contribution is -2.28. The molecule has 2 heterocycles. The van der Waals surface area contributed by atoms with Crippen molar-refractivity contribution in [1.29, 1.82) is 0 Å². The number of hydrogen-bond donors (Lipinski definition) is 4. The summed E-state index contributed by atoms with van der Waals surface area (Å²) in [5.74, 6) is 1.16. The van der Waals surface area contributed by atoms with Gasteiger partial charge in [-0.2, -0.15) is 5.10 Å². The first-order valence-corrected chi connectivity index (χ1v) is 8.18. The van der Waals surface area contributed by atoms with Crippen LogP contribution in [0.2, 0.25) is 0 Å². The van der Waals surface area contributed by atoms with Gasteiger partial charge in [0, 0.05) is 0 Å². The van der Waals surface area contributed by atoms with Crippen molar-refractivity contribution in [1.82, 2.24) is 15.2 Å². The summed E-state index contributed by atoms with van der Waals surface area (Å²) >= 11 is 1.59. The Morgan fingerprint density at radius 3 is 2.95 bits per heavy atom. The number of aromatic nitrogens is 3. The van der Waals surface area contributed by atoms with E-state index in [1.165, 1.54) is 0 Å². The molecule has 1 aliphatic rings. The molecule has 2 unspecified atom stereocenters. The maximum Gasteiger partial charge on any atom is 0.160 e. The highest BCUT2D eigenvalue weighted by Gasteiger charge is 2.27. The predicted molar refractivity (Wildman–Crippen MR) is 88.9 cm³/mol. The van der Waals surface area contributed by atoms with Crippen LogP contribution in [-0.4, -0.2) is 32.4 Å². The van der Waals surface area contributed by atoms with Gasteiger partial charge < -0.3 is 16.2 Å². The number of aliphatic hydroxyl groups excluding tert-OH is 1. The number of aliphatic hydroxyl groups is 1. The Labute approximate surface area is 131 Å². The highest BCUT2D eigenvalue weighted by Crippen LogP contribution is 2.38. The summed E-state index contributed by atoms with van der Waals surface area (Å²) in [6.07, 6.45) is 2.46. The number of thiazole rings is 1. The van der Waals surface area contributed by atoms with Crippen LogP contribution in [0.1, 0.15) is 19.3 Å². The van der Waals surface area contributed by atoms with Crippen molar-refractivity contribution in [2.24, 2.45) is 0 Å². The molecule has 0 spiro atoms. The van der Waals surface area contributed by atoms with Crippen LogP contribution < -0.4 is 11.1 Å². The molecule has 22 heavy (non-hydrogen) atoms. The molecule has 0 aliphatic heterocycles. The molecule has 6 nitrogen and oxygen atoms in total. The maximum absolute atomic E-state index is 9.99. The minimum absolute atomic E-state index is 0.0239. The second-order valence-electron chi connectivity index (χ2n) is 5.60. The molecule has 0 radical (unpaired) electrons. The number of benzene rings is 1. The van der Waals surface area contributed by atoms with E-state index in [1.807, 2.05) is 24.3 Å². The van der Waals surface area contributed by atoms with E-state index in [1.54, 1.807) is 11.3 Å². The number of rotatable bonds is 3. The largest absolute Gasteiger partial charge is 0.391 e. The molecule has 114 valence electrons. The van der Waals surface area contributed by atoms with Crippen molar-refractivity contribution >= 4 is 33.2 Å². The molecule has 3 aromatic rings. The number of nitrogens with two attached hydrogens (primary N) is 1. The number of fused-ring (bicyclic) bond motifs is 1. The Balaban J connectivity index is 1.73. The lowest BCUT2D eigenvalue weighted by molar-refractivity contribution is 0.171. The fourth-order valence-corrected chi connectivity index (χ4v) is 3.97. The highest BCUT2D eigenvalue weighted by atomic mass is 32.1. The van der Waals surface area contributed by atoms with Crippen molar-refractivity contribution in [3.63, 3.8) is 0 Å². The van der Waals surface area contributed by atoms with E-state index in [4.69, 9.17) is 5.73 Å². The van der Waals surface area contributed by atoms with Gasteiger partial charge in [-0.25, -0.2) is 4.98 Å². The zero-order valence-electron chi connectivity index (χ0n) is 11.9. The van der Waals surface area contributed by atoms with Crippen LogP contribution in [0.4, 0.5) is 11.6 Å². The van der Waals surface area contributed by atoms with E-state index in [9.17, 15) is 5.11 Å². The summed E-state index contributed by atoms with van der Waals surface area (Å²) in [5, 5.41) is 21.2. The number of aromatic amines is 1. The number of hydrogen-bond acceptors (Lipinski definition) is 6. The topological polar surface area (TPSA) is 99.9 Å². The van der Waals surface area contributed by atoms with Crippen LogP contribution in [0, 0.1) is 0 Å². The lowest BCUT2D eigenvalue weighted by Gasteiger charge is -2.16. The van der Waals surface area contributed by atoms with Crippen molar-refractivity contribution < 1.29 is 5.11 Å². The Bertz CT molecular complexity index is 778. The molecule has 5 N–H and O–H groups in total. The smallest absolute Gasteiger partial charge is 0.160 e. The third kappa shape index (κ3) is 2.22. The van der Waals surface area contributed by atoms with E-state index in [2.05, 4.69) is 20.5 Å². The van der Waals surface area contributed by atoms with Gasteiger partial charge in [0.25, 0.3) is 0 Å². The molecule has 0 amide bonds. The van der Waals surface area contributed by atoms with Gasteiger partial charge in [0.2, 0.25) is 0 Å². The van der Waals surface area contributed by atoms with Gasteiger partial charge in [-0.1, -0.05) is 12.1 Å². The van der Waals surface area contributed by atoms with Crippen LogP contribution in [0.3, 0.4) is 0 Å². The van der Waals surface area contributed by atoms with Crippen molar-refractivity contribution in [2.45, 2.75) is 31.4 Å². The summed E-state index contributed by atoms with van der Waals surface area (Å²) in [4.78, 5) is 4.65. The molecule has 0 saturated heterocycles. The average molecular weight is 315 g/mol. The average Bonchev–Trinajstić information content (AvgIpc) is 3.19. The van der Waals surface area contributed by atoms with Crippen LogP contribution >= 0.6 is 11.3 Å². The number of H-pyrrole nitrogens is 1. The maximum atomic E-state index is 9.99. The van der Waals surface area contributed by atoms with Crippen LogP contribution in [0.15, 0.2) is 24.3 Å². The molecule has 0 bridgehead atoms. The van der Waals surface area contributed by atoms with E-state index < -0.39 is 0 Å². The van der Waals surface area contributed by atoms with Crippen LogP contribution in [0.25, 0.3) is 20.8 Å². The zero-order chi connectivity index (χ0) is 15.1. The van der Waals surface area contributed by atoms with Gasteiger partial charge in [-0.15, -0.1) is 11.3 Å². The Morgan fingerprint density at radius 1 is 1.32 bits per heavy atom. The first-order chi connectivity index (χ1) is 10.7. The van der Waals surface area contributed by atoms with Gasteiger partial charge in [0.1, 0.15) is 10.8 Å². The van der Waals surface area contributed by atoms with E-state index in [0.29, 0.717) is 11.6 Å². The third-order valence-corrected chi connectivity index (χ3v) is 5.16. The summed E-state index contributed by atoms with van der Waals surface area (Å²) in [5.41, 5.74) is 7.80. The molecular formula is C15H17N5OS. The Hall–Kier alpha value is -2.12. The number of nitrogen functional groups attached to an aromatic ring is 1. The highest BCUT2D eigenvalue weighted by molar-refractivity contribution is 7.21. The molecule has 1 aliphatic carbocycles. The van der Waals surface area contributed by atoms with E-state index in [0.717, 1.165) is 40.1 Å². The molecule has 2 atom stereocenters. The first-order valence-electron chi connectivity index (χ1n) is 7.37. The van der Waals surface area contributed by atoms with Crippen molar-refractivity contribution in [3.05, 3.63) is 24.3 Å². The molecule has 1 fully saturated rings. The van der Waals surface area contributed by atoms with Crippen LogP contribution in [-0.2, 0) is 0 Å². The van der Waals surface area contributed by atoms with Gasteiger partial charge in [0.05, 0.1) is 27.9 Å². The fourth-order valence-electron chi connectivity index (χ4n) is 2.94. The van der Waals surface area contributed by atoms with Gasteiger partial charge >= 0.3 is 0 Å². The second kappa shape index (κ2) is 5.26. The fraction of sp³-hybridized carbons (Fsp3) is 0.333. The number of anilines is 2. The SMILES string of the molecule is Nc1[nH]nc(NC2CCCC2O)c1-c1nc2ccccc2s1. The van der Waals surface area contributed by atoms with Crippen molar-refractivity contribution in [3.8, 4) is 10.6 Å². The summed E-state index contributed by atoms with van der Waals surface area (Å²) < 4.78 is 1.12. The number of para-hydroxylation sites is 1. The molecule has 1 saturated carbocycles. The zero-order valence-corrected chi connectivity index (χ0v) is 12.7. The molecule has 2 aromatic heterocycles. The Morgan fingerprint density at radius 2 is 2.18 bits per heavy atom. The minimum Gasteiger partial charge on any atom is -0.391 e. The quantitative estimate of drug-likeness (QED) is 0.595. The minimum atomic E-state index is -0.332. The normalized spacial score (nSPS) is 21.5. The van der Waals surface area contributed by atoms with E-state index >= 15 is 0 Å². The molecule has 4 rings (SSSR count). The first kappa shape index (κ1) is 13.5. The molecule has 7 heteroatoms. The monoisotopic (exact) mass is 315 g/mol. The molecule has 1 aromatic carbocycles. The lowest BCUT2D eigenvalue weighted by atomic mass is 10.2. The summed E-state index contributed by atoms with van der Waals surface area (Å²) in [6, 6.07) is 8.02. The van der Waals surface area contributed by atoms with Gasteiger partial charge in [-0.3, -0.25) is 5.10 Å². The van der Waals surface area contributed by atoms with Gasteiger partial charge in [-0.05, 0) is 31.4 Å². The van der Waals surface area contributed by atoms with Gasteiger partial charge in [0.15, 0.2) is 5.82 Å². The predicted octanol–water partition coefficient (Wildman–Crippen LogP) is 2.59. The summed E-state index contributed by atoms with van der Waals surface area (Å²) in [6.45, 7) is 0. The molecular weight excluding hydrogens is 298 g/mol. The standard InChI is InChI=1S/C15H17N5OS/c16-13-12(15-18-9-4-1-2-7-11(9)22-15)14(20-19-13)17-8-5-3-6-10(8)21/h1-2,4,7-8,10,21H,3,5-6H2,(H4,16,17,19,20).